The van der Waals surface area contributed by atoms with Gasteiger partial charge in [0.25, 0.3) is 11.6 Å². The van der Waals surface area contributed by atoms with Crippen molar-refractivity contribution < 1.29 is 14.1 Å². The quantitative estimate of drug-likeness (QED) is 0.319. The number of aryl methyl sites for hydroxylation is 1. The van der Waals surface area contributed by atoms with Crippen molar-refractivity contribution in [2.75, 3.05) is 4.90 Å². The van der Waals surface area contributed by atoms with Crippen molar-refractivity contribution >= 4 is 50.6 Å². The number of carbonyl (C=O) groups excluding carboxylic acids is 1. The Morgan fingerprint density at radius 1 is 1.22 bits per heavy atom. The largest absolute Gasteiger partial charge is 0.450 e. The number of benzene rings is 2. The summed E-state index contributed by atoms with van der Waals surface area (Å²) >= 11 is 7.28. The Balaban J connectivity index is 1.81. The van der Waals surface area contributed by atoms with Crippen LogP contribution in [0.5, 0.6) is 0 Å². The lowest BCUT2D eigenvalue weighted by Crippen LogP contribution is -2.29. The number of rotatable bonds is 4. The summed E-state index contributed by atoms with van der Waals surface area (Å²) in [6.45, 7) is 1.91. The normalized spacial score (nSPS) is 15.4. The first-order valence-electron chi connectivity index (χ1n) is 9.55. The molecule has 4 aromatic rings. The van der Waals surface area contributed by atoms with Crippen LogP contribution in [0.3, 0.4) is 0 Å². The average Bonchev–Trinajstić information content (AvgIpc) is 3.37. The number of nitrogens with zero attached hydrogens (tertiary/aromatic N) is 4. The molecule has 11 heteroatoms. The Morgan fingerprint density at radius 3 is 2.75 bits per heavy atom. The highest BCUT2D eigenvalue weighted by molar-refractivity contribution is 7.15. The Morgan fingerprint density at radius 2 is 2.03 bits per heavy atom. The van der Waals surface area contributed by atoms with E-state index in [-0.39, 0.29) is 33.1 Å². The Hall–Kier alpha value is -3.63. The number of nitro groups is 1. The first kappa shape index (κ1) is 20.3. The van der Waals surface area contributed by atoms with Gasteiger partial charge in [0, 0.05) is 17.2 Å². The van der Waals surface area contributed by atoms with E-state index in [2.05, 4.69) is 10.2 Å². The van der Waals surface area contributed by atoms with E-state index in [1.165, 1.54) is 46.6 Å². The maximum absolute atomic E-state index is 13.5. The molecule has 0 N–H and O–H groups in total. The highest BCUT2D eigenvalue weighted by Crippen LogP contribution is 2.42. The molecule has 0 saturated heterocycles. The molecular formula is C21H13ClN4O5S. The zero-order valence-electron chi connectivity index (χ0n) is 16.4. The van der Waals surface area contributed by atoms with Gasteiger partial charge >= 0.3 is 0 Å². The molecule has 0 spiro atoms. The lowest BCUT2D eigenvalue weighted by molar-refractivity contribution is -0.384. The number of nitro benzene ring substituents is 1. The van der Waals surface area contributed by atoms with Gasteiger partial charge < -0.3 is 4.42 Å². The molecule has 32 heavy (non-hydrogen) atoms. The number of carbonyl (C=O) groups is 1. The fourth-order valence-corrected chi connectivity index (χ4v) is 4.73. The number of aromatic nitrogens is 2. The summed E-state index contributed by atoms with van der Waals surface area (Å²) < 4.78 is 5.84. The predicted octanol–water partition coefficient (Wildman–Crippen LogP) is 4.52. The van der Waals surface area contributed by atoms with E-state index in [0.29, 0.717) is 22.0 Å². The second-order valence-corrected chi connectivity index (χ2v) is 8.55. The van der Waals surface area contributed by atoms with Crippen LogP contribution in [0.15, 0.2) is 51.7 Å². The molecule has 0 fully saturated rings. The lowest BCUT2D eigenvalue weighted by Gasteiger charge is -2.21. The number of anilines is 1. The topological polar surface area (TPSA) is 119 Å². The van der Waals surface area contributed by atoms with Crippen LogP contribution in [0.1, 0.15) is 39.7 Å². The lowest BCUT2D eigenvalue weighted by atomic mass is 9.98. The molecular weight excluding hydrogens is 456 g/mol. The molecule has 0 unspecified atom stereocenters. The Labute approximate surface area is 189 Å². The summed E-state index contributed by atoms with van der Waals surface area (Å²) in [5, 5.41) is 21.1. The third-order valence-electron chi connectivity index (χ3n) is 5.19. The van der Waals surface area contributed by atoms with Crippen LogP contribution in [-0.4, -0.2) is 21.0 Å². The van der Waals surface area contributed by atoms with E-state index in [0.717, 1.165) is 0 Å². The van der Waals surface area contributed by atoms with Crippen molar-refractivity contribution in [3.8, 4) is 0 Å². The van der Waals surface area contributed by atoms with Crippen molar-refractivity contribution in [1.82, 2.24) is 10.2 Å². The maximum Gasteiger partial charge on any atom is 0.297 e. The van der Waals surface area contributed by atoms with E-state index in [9.17, 15) is 19.7 Å². The molecule has 1 amide bonds. The maximum atomic E-state index is 13.5. The van der Waals surface area contributed by atoms with Crippen LogP contribution in [0, 0.1) is 10.1 Å². The molecule has 1 aliphatic heterocycles. The molecule has 1 aliphatic rings. The SMILES string of the molecule is CCc1nnc(N2C(=O)c3oc4ccc(Cl)cc4c(=O)c3[C@H]2c2cccc([N+](=O)[O-])c2)s1. The van der Waals surface area contributed by atoms with Gasteiger partial charge in [0.15, 0.2) is 5.43 Å². The second-order valence-electron chi connectivity index (χ2n) is 7.08. The van der Waals surface area contributed by atoms with Gasteiger partial charge in [-0.3, -0.25) is 24.6 Å². The highest BCUT2D eigenvalue weighted by atomic mass is 35.5. The minimum Gasteiger partial charge on any atom is -0.450 e. The minimum atomic E-state index is -0.963. The van der Waals surface area contributed by atoms with Crippen molar-refractivity contribution in [2.45, 2.75) is 19.4 Å². The number of fused-ring (bicyclic) bond motifs is 2. The molecule has 3 heterocycles. The number of halogens is 1. The minimum absolute atomic E-state index is 0.0820. The van der Waals surface area contributed by atoms with Gasteiger partial charge in [-0.25, -0.2) is 0 Å². The van der Waals surface area contributed by atoms with Gasteiger partial charge in [0.2, 0.25) is 10.9 Å². The Bertz CT molecular complexity index is 1480. The molecule has 0 radical (unpaired) electrons. The van der Waals surface area contributed by atoms with Gasteiger partial charge in [-0.15, -0.1) is 10.2 Å². The van der Waals surface area contributed by atoms with E-state index in [1.807, 2.05) is 6.92 Å². The van der Waals surface area contributed by atoms with Crippen LogP contribution in [-0.2, 0) is 6.42 Å². The first-order chi connectivity index (χ1) is 15.4. The smallest absolute Gasteiger partial charge is 0.297 e. The third-order valence-corrected chi connectivity index (χ3v) is 6.50. The van der Waals surface area contributed by atoms with Crippen molar-refractivity contribution in [1.29, 1.82) is 0 Å². The molecule has 5 rings (SSSR count). The van der Waals surface area contributed by atoms with Gasteiger partial charge in [0.1, 0.15) is 10.6 Å². The molecule has 2 aromatic carbocycles. The predicted molar refractivity (Wildman–Crippen MR) is 119 cm³/mol. The van der Waals surface area contributed by atoms with Crippen LogP contribution in [0.2, 0.25) is 5.02 Å². The van der Waals surface area contributed by atoms with Crippen molar-refractivity contribution in [3.63, 3.8) is 0 Å². The van der Waals surface area contributed by atoms with Gasteiger partial charge in [-0.1, -0.05) is 42.0 Å². The van der Waals surface area contributed by atoms with Crippen molar-refractivity contribution in [2.24, 2.45) is 0 Å². The van der Waals surface area contributed by atoms with Gasteiger partial charge in [-0.2, -0.15) is 0 Å². The summed E-state index contributed by atoms with van der Waals surface area (Å²) in [7, 11) is 0. The van der Waals surface area contributed by atoms with Crippen LogP contribution in [0.25, 0.3) is 11.0 Å². The molecule has 0 saturated carbocycles. The second kappa shape index (κ2) is 7.50. The highest BCUT2D eigenvalue weighted by Gasteiger charge is 2.45. The van der Waals surface area contributed by atoms with E-state index >= 15 is 0 Å². The summed E-state index contributed by atoms with van der Waals surface area (Å²) in [5.41, 5.74) is 0.0869. The summed E-state index contributed by atoms with van der Waals surface area (Å²) in [4.78, 5) is 39.1. The zero-order valence-corrected chi connectivity index (χ0v) is 18.0. The summed E-state index contributed by atoms with van der Waals surface area (Å²) in [6.07, 6.45) is 0.619. The number of hydrogen-bond donors (Lipinski definition) is 0. The van der Waals surface area contributed by atoms with Crippen LogP contribution in [0.4, 0.5) is 10.8 Å². The van der Waals surface area contributed by atoms with E-state index in [4.69, 9.17) is 16.0 Å². The molecule has 2 aromatic heterocycles. The van der Waals surface area contributed by atoms with E-state index < -0.39 is 22.3 Å². The molecule has 0 bridgehead atoms. The van der Waals surface area contributed by atoms with Crippen molar-refractivity contribution in [3.05, 3.63) is 89.7 Å². The average molecular weight is 469 g/mol. The molecule has 9 nitrogen and oxygen atoms in total. The fraction of sp³-hybridized carbons (Fsp3) is 0.143. The number of non-ortho nitro benzene ring substituents is 1. The molecule has 160 valence electrons. The zero-order chi connectivity index (χ0) is 22.6. The number of hydrogen-bond acceptors (Lipinski definition) is 8. The van der Waals surface area contributed by atoms with Crippen LogP contribution >= 0.6 is 22.9 Å². The summed E-state index contributed by atoms with van der Waals surface area (Å²) in [5.74, 6) is -0.696. The van der Waals surface area contributed by atoms with E-state index in [1.54, 1.807) is 12.1 Å². The Kier molecular flexibility index (Phi) is 4.75. The first-order valence-corrected chi connectivity index (χ1v) is 10.7. The third kappa shape index (κ3) is 3.07. The van der Waals surface area contributed by atoms with Crippen LogP contribution < -0.4 is 10.3 Å². The molecule has 0 aliphatic carbocycles. The standard InChI is InChI=1S/C21H13ClN4O5S/c1-2-15-23-24-21(32-15)25-17(10-4-3-5-12(8-10)26(29)30)16-18(27)13-9-11(22)6-7-14(13)31-19(16)20(25)28/h3-9,17H,2H2,1H3/t17-/m1/s1. The fourth-order valence-electron chi connectivity index (χ4n) is 3.75. The summed E-state index contributed by atoms with van der Waals surface area (Å²) in [6, 6.07) is 9.40. The van der Waals surface area contributed by atoms with Gasteiger partial charge in [-0.05, 0) is 30.2 Å². The van der Waals surface area contributed by atoms with Gasteiger partial charge in [0.05, 0.1) is 21.9 Å². The monoisotopic (exact) mass is 468 g/mol. The molecule has 1 atom stereocenters. The number of amides is 1.